The molecule has 2 fully saturated rings. The molecule has 0 unspecified atom stereocenters. The topological polar surface area (TPSA) is 81.8 Å². The fraction of sp³-hybridized carbons (Fsp3) is 0.348. The number of benzene rings is 2. The number of likely N-dealkylation sites (tertiary alicyclic amines) is 1. The standard InChI is InChI=1S/C23H26N4O3/c1-17-10-8-9-15-26(17)16-20(28)25-27-21(29)23(24-22(27)30,18-11-4-2-5-12-18)19-13-6-3-7-14-19/h2-7,11-14,17H,8-10,15-16H2,1H3,(H,24,30)(H,25,28)/t17-/m1/s1. The first-order valence-electron chi connectivity index (χ1n) is 10.3. The van der Waals surface area contributed by atoms with Crippen LogP contribution >= 0.6 is 0 Å². The highest BCUT2D eigenvalue weighted by molar-refractivity contribution is 6.10. The zero-order valence-corrected chi connectivity index (χ0v) is 17.0. The van der Waals surface area contributed by atoms with E-state index in [1.54, 1.807) is 24.3 Å². The van der Waals surface area contributed by atoms with Crippen LogP contribution in [0.5, 0.6) is 0 Å². The van der Waals surface area contributed by atoms with Crippen LogP contribution in [0.4, 0.5) is 4.79 Å². The van der Waals surface area contributed by atoms with Gasteiger partial charge in [0.05, 0.1) is 6.54 Å². The minimum Gasteiger partial charge on any atom is -0.314 e. The molecule has 30 heavy (non-hydrogen) atoms. The normalized spacial score (nSPS) is 21.4. The Morgan fingerprint density at radius 1 is 1.03 bits per heavy atom. The summed E-state index contributed by atoms with van der Waals surface area (Å²) in [5.41, 5.74) is 2.42. The first-order valence-corrected chi connectivity index (χ1v) is 10.3. The van der Waals surface area contributed by atoms with Crippen LogP contribution in [0.25, 0.3) is 0 Å². The molecule has 0 saturated carbocycles. The van der Waals surface area contributed by atoms with Gasteiger partial charge in [-0.15, -0.1) is 0 Å². The van der Waals surface area contributed by atoms with Gasteiger partial charge in [-0.3, -0.25) is 19.9 Å². The molecule has 2 heterocycles. The maximum atomic E-state index is 13.5. The Labute approximate surface area is 176 Å². The van der Waals surface area contributed by atoms with Gasteiger partial charge in [0.25, 0.3) is 11.8 Å². The third-order valence-corrected chi connectivity index (χ3v) is 5.96. The molecule has 4 rings (SSSR count). The summed E-state index contributed by atoms with van der Waals surface area (Å²) in [4.78, 5) is 41.1. The molecule has 2 aliphatic rings. The Morgan fingerprint density at radius 3 is 2.20 bits per heavy atom. The van der Waals surface area contributed by atoms with Gasteiger partial charge in [0.15, 0.2) is 5.54 Å². The molecule has 2 aromatic rings. The predicted octanol–water partition coefficient (Wildman–Crippen LogP) is 2.39. The van der Waals surface area contributed by atoms with E-state index in [0.29, 0.717) is 17.2 Å². The van der Waals surface area contributed by atoms with E-state index in [0.717, 1.165) is 30.8 Å². The number of nitrogens with one attached hydrogen (secondary N) is 2. The Balaban J connectivity index is 1.60. The van der Waals surface area contributed by atoms with Crippen molar-refractivity contribution in [2.75, 3.05) is 13.1 Å². The molecule has 2 saturated heterocycles. The molecule has 0 aliphatic carbocycles. The monoisotopic (exact) mass is 406 g/mol. The van der Waals surface area contributed by atoms with Crippen molar-refractivity contribution in [3.8, 4) is 0 Å². The number of amides is 4. The summed E-state index contributed by atoms with van der Waals surface area (Å²) in [6.07, 6.45) is 3.25. The highest BCUT2D eigenvalue weighted by Gasteiger charge is 2.54. The lowest BCUT2D eigenvalue weighted by Gasteiger charge is -2.33. The quantitative estimate of drug-likeness (QED) is 0.747. The smallest absolute Gasteiger partial charge is 0.314 e. The van der Waals surface area contributed by atoms with Crippen LogP contribution < -0.4 is 10.7 Å². The Kier molecular flexibility index (Phi) is 5.55. The summed E-state index contributed by atoms with van der Waals surface area (Å²) >= 11 is 0. The molecule has 7 heteroatoms. The van der Waals surface area contributed by atoms with Gasteiger partial charge >= 0.3 is 6.03 Å². The van der Waals surface area contributed by atoms with Crippen molar-refractivity contribution in [2.24, 2.45) is 0 Å². The average Bonchev–Trinajstić information content (AvgIpc) is 3.02. The van der Waals surface area contributed by atoms with Crippen molar-refractivity contribution >= 4 is 17.8 Å². The van der Waals surface area contributed by atoms with Gasteiger partial charge in [-0.25, -0.2) is 4.79 Å². The lowest BCUT2D eigenvalue weighted by atomic mass is 9.83. The van der Waals surface area contributed by atoms with E-state index in [9.17, 15) is 14.4 Å². The minimum atomic E-state index is -1.38. The maximum Gasteiger partial charge on any atom is 0.344 e. The van der Waals surface area contributed by atoms with Gasteiger partial charge in [-0.1, -0.05) is 67.1 Å². The van der Waals surface area contributed by atoms with Crippen LogP contribution in [0, 0.1) is 0 Å². The molecule has 0 bridgehead atoms. The van der Waals surface area contributed by atoms with Gasteiger partial charge in [0.1, 0.15) is 0 Å². The summed E-state index contributed by atoms with van der Waals surface area (Å²) < 4.78 is 0. The van der Waals surface area contributed by atoms with E-state index in [1.807, 2.05) is 36.4 Å². The number of hydrogen-bond donors (Lipinski definition) is 2. The van der Waals surface area contributed by atoms with Crippen LogP contribution in [-0.2, 0) is 15.1 Å². The zero-order chi connectivity index (χ0) is 21.1. The van der Waals surface area contributed by atoms with Gasteiger partial charge in [-0.2, -0.15) is 5.01 Å². The average molecular weight is 406 g/mol. The van der Waals surface area contributed by atoms with Gasteiger partial charge in [0.2, 0.25) is 0 Å². The Morgan fingerprint density at radius 2 is 1.63 bits per heavy atom. The fourth-order valence-electron chi connectivity index (χ4n) is 4.30. The van der Waals surface area contributed by atoms with Crippen LogP contribution in [0.1, 0.15) is 37.3 Å². The largest absolute Gasteiger partial charge is 0.344 e. The molecule has 2 aromatic carbocycles. The fourth-order valence-corrected chi connectivity index (χ4v) is 4.30. The van der Waals surface area contributed by atoms with E-state index in [4.69, 9.17) is 0 Å². The second-order valence-corrected chi connectivity index (χ2v) is 7.90. The molecule has 0 aromatic heterocycles. The number of carbonyl (C=O) groups is 3. The molecule has 1 atom stereocenters. The summed E-state index contributed by atoms with van der Waals surface area (Å²) in [5.74, 6) is -0.894. The van der Waals surface area contributed by atoms with E-state index in [1.165, 1.54) is 0 Å². The molecule has 0 spiro atoms. The number of piperidine rings is 1. The molecule has 2 N–H and O–H groups in total. The number of urea groups is 1. The third kappa shape index (κ3) is 3.57. The number of nitrogens with zero attached hydrogens (tertiary/aromatic N) is 2. The highest BCUT2D eigenvalue weighted by Crippen LogP contribution is 2.35. The first kappa shape index (κ1) is 20.1. The SMILES string of the molecule is C[C@@H]1CCCCN1CC(=O)NN1C(=O)NC(c2ccccc2)(c2ccccc2)C1=O. The van der Waals surface area contributed by atoms with Crippen molar-refractivity contribution in [3.05, 3.63) is 71.8 Å². The predicted molar refractivity (Wildman–Crippen MR) is 112 cm³/mol. The van der Waals surface area contributed by atoms with E-state index >= 15 is 0 Å². The number of hydrogen-bond acceptors (Lipinski definition) is 4. The Hall–Kier alpha value is -3.19. The van der Waals surface area contributed by atoms with Gasteiger partial charge < -0.3 is 5.32 Å². The van der Waals surface area contributed by atoms with E-state index in [-0.39, 0.29) is 12.5 Å². The second-order valence-electron chi connectivity index (χ2n) is 7.90. The second kappa shape index (κ2) is 8.28. The van der Waals surface area contributed by atoms with Gasteiger partial charge in [0, 0.05) is 6.04 Å². The summed E-state index contributed by atoms with van der Waals surface area (Å²) in [6, 6.07) is 17.8. The van der Waals surface area contributed by atoms with Crippen LogP contribution in [0.3, 0.4) is 0 Å². The van der Waals surface area contributed by atoms with Crippen molar-refractivity contribution in [3.63, 3.8) is 0 Å². The van der Waals surface area contributed by atoms with Crippen molar-refractivity contribution in [1.29, 1.82) is 0 Å². The van der Waals surface area contributed by atoms with Crippen LogP contribution in [0.15, 0.2) is 60.7 Å². The van der Waals surface area contributed by atoms with E-state index in [2.05, 4.69) is 22.6 Å². The molecular formula is C23H26N4O3. The number of carbonyl (C=O) groups excluding carboxylic acids is 3. The van der Waals surface area contributed by atoms with E-state index < -0.39 is 17.5 Å². The summed E-state index contributed by atoms with van der Waals surface area (Å²) in [6.45, 7) is 3.09. The molecule has 156 valence electrons. The third-order valence-electron chi connectivity index (χ3n) is 5.96. The summed E-state index contributed by atoms with van der Waals surface area (Å²) in [5, 5.41) is 3.64. The van der Waals surface area contributed by atoms with Crippen molar-refractivity contribution in [1.82, 2.24) is 20.7 Å². The molecule has 0 radical (unpaired) electrons. The molecule has 4 amide bonds. The lowest BCUT2D eigenvalue weighted by Crippen LogP contribution is -2.52. The molecular weight excluding hydrogens is 380 g/mol. The molecule has 2 aliphatic heterocycles. The van der Waals surface area contributed by atoms with Crippen molar-refractivity contribution in [2.45, 2.75) is 37.8 Å². The zero-order valence-electron chi connectivity index (χ0n) is 17.0. The van der Waals surface area contributed by atoms with Crippen molar-refractivity contribution < 1.29 is 14.4 Å². The maximum absolute atomic E-state index is 13.5. The first-order chi connectivity index (χ1) is 14.5. The lowest BCUT2D eigenvalue weighted by molar-refractivity contribution is -0.139. The minimum absolute atomic E-state index is 0.155. The number of rotatable bonds is 5. The van der Waals surface area contributed by atoms with Gasteiger partial charge in [-0.05, 0) is 37.4 Å². The van der Waals surface area contributed by atoms with Crippen LogP contribution in [-0.4, -0.2) is 46.9 Å². The summed E-state index contributed by atoms with van der Waals surface area (Å²) in [7, 11) is 0. The Bertz CT molecular complexity index is 892. The molecule has 7 nitrogen and oxygen atoms in total. The number of imide groups is 1. The van der Waals surface area contributed by atoms with Crippen LogP contribution in [0.2, 0.25) is 0 Å². The number of hydrazine groups is 1. The highest BCUT2D eigenvalue weighted by atomic mass is 16.2.